The highest BCUT2D eigenvalue weighted by Crippen LogP contribution is 2.46. The molecule has 0 radical (unpaired) electrons. The minimum Gasteiger partial charge on any atom is -0.504 e. The van der Waals surface area contributed by atoms with Gasteiger partial charge >= 0.3 is 0 Å². The van der Waals surface area contributed by atoms with Crippen LogP contribution in [-0.2, 0) is 5.41 Å². The maximum Gasteiger partial charge on any atom is 0.244 e. The zero-order valence-electron chi connectivity index (χ0n) is 14.5. The summed E-state index contributed by atoms with van der Waals surface area (Å²) < 4.78 is 10.6. The second-order valence-corrected chi connectivity index (χ2v) is 6.92. The summed E-state index contributed by atoms with van der Waals surface area (Å²) >= 11 is 0. The number of H-pyrrole nitrogens is 1. The van der Waals surface area contributed by atoms with Gasteiger partial charge in [0.15, 0.2) is 11.5 Å². The number of methoxy groups -OCH3 is 1. The number of nitrogens with two attached hydrogens (primary N) is 1. The highest BCUT2D eigenvalue weighted by molar-refractivity contribution is 5.58. The van der Waals surface area contributed by atoms with Crippen molar-refractivity contribution in [3.8, 4) is 23.4 Å². The Balaban J connectivity index is 2.26. The Morgan fingerprint density at radius 2 is 2.12 bits per heavy atom. The Morgan fingerprint density at radius 3 is 2.68 bits per heavy atom. The van der Waals surface area contributed by atoms with Gasteiger partial charge in [0.25, 0.3) is 0 Å². The number of nitrogens with zero attached hydrogens (tertiary/aromatic N) is 2. The van der Waals surface area contributed by atoms with Crippen LogP contribution in [0.25, 0.3) is 0 Å². The molecule has 1 aromatic carbocycles. The molecule has 0 aliphatic carbocycles. The van der Waals surface area contributed by atoms with E-state index >= 15 is 0 Å². The average molecular weight is 340 g/mol. The lowest BCUT2D eigenvalue weighted by molar-refractivity contribution is 0.371. The Bertz CT molecular complexity index is 900. The Labute approximate surface area is 145 Å². The molecule has 3 rings (SSSR count). The van der Waals surface area contributed by atoms with Gasteiger partial charge in [0, 0.05) is 11.1 Å². The van der Waals surface area contributed by atoms with Crippen LogP contribution in [-0.4, -0.2) is 22.4 Å². The fraction of sp³-hybridized carbons (Fsp3) is 0.333. The van der Waals surface area contributed by atoms with Crippen LogP contribution in [0.3, 0.4) is 0 Å². The van der Waals surface area contributed by atoms with E-state index in [0.717, 1.165) is 11.3 Å². The van der Waals surface area contributed by atoms with Crippen LogP contribution in [0, 0.1) is 11.3 Å². The number of phenolic OH excluding ortho intramolecular Hbond substituents is 1. The number of allylic oxidation sites excluding steroid dienone is 1. The van der Waals surface area contributed by atoms with Crippen molar-refractivity contribution in [2.45, 2.75) is 32.1 Å². The van der Waals surface area contributed by atoms with Crippen LogP contribution in [0.15, 0.2) is 29.7 Å². The third kappa shape index (κ3) is 2.66. The summed E-state index contributed by atoms with van der Waals surface area (Å²) in [6.07, 6.45) is 0. The van der Waals surface area contributed by atoms with E-state index in [1.54, 1.807) is 18.2 Å². The van der Waals surface area contributed by atoms with Crippen LogP contribution in [0.4, 0.5) is 0 Å². The molecule has 0 bridgehead atoms. The number of benzene rings is 1. The molecule has 4 N–H and O–H groups in total. The van der Waals surface area contributed by atoms with Gasteiger partial charge < -0.3 is 20.3 Å². The number of aromatic hydroxyl groups is 1. The first-order chi connectivity index (χ1) is 11.8. The van der Waals surface area contributed by atoms with Crippen LogP contribution in [0.1, 0.15) is 43.5 Å². The summed E-state index contributed by atoms with van der Waals surface area (Å²) in [5.74, 6) is 0.224. The molecule has 0 fully saturated rings. The van der Waals surface area contributed by atoms with E-state index in [1.807, 2.05) is 20.8 Å². The Hall–Kier alpha value is -3.14. The number of hydrogen-bond donors (Lipinski definition) is 3. The quantitative estimate of drug-likeness (QED) is 0.773. The fourth-order valence-electron chi connectivity index (χ4n) is 3.04. The highest BCUT2D eigenvalue weighted by Gasteiger charge is 2.38. The molecule has 7 heteroatoms. The number of phenols is 1. The molecule has 0 spiro atoms. The molecule has 1 aliphatic heterocycles. The molecule has 0 saturated heterocycles. The number of aromatic amines is 1. The summed E-state index contributed by atoms with van der Waals surface area (Å²) in [6, 6.07) is 7.16. The first-order valence-corrected chi connectivity index (χ1v) is 7.81. The van der Waals surface area contributed by atoms with Crippen molar-refractivity contribution in [2.75, 3.05) is 7.11 Å². The van der Waals surface area contributed by atoms with E-state index in [9.17, 15) is 10.4 Å². The standard InChI is InChI=1S/C18H20N4O3/c1-18(2,3)15-14-13(9-5-6-12(24-4)11(23)7-9)10(8-19)16(20)25-17(14)22-21-15/h5-7,13,23H,20H2,1-4H3,(H,21,22). The highest BCUT2D eigenvalue weighted by atomic mass is 16.5. The van der Waals surface area contributed by atoms with E-state index in [-0.39, 0.29) is 22.6 Å². The number of fused-ring (bicyclic) bond motifs is 1. The van der Waals surface area contributed by atoms with E-state index < -0.39 is 5.92 Å². The lowest BCUT2D eigenvalue weighted by atomic mass is 9.79. The number of hydrogen-bond acceptors (Lipinski definition) is 6. The number of rotatable bonds is 2. The normalized spacial score (nSPS) is 16.8. The van der Waals surface area contributed by atoms with Gasteiger partial charge in [-0.3, -0.25) is 5.10 Å². The topological polar surface area (TPSA) is 117 Å². The van der Waals surface area contributed by atoms with Gasteiger partial charge in [0.2, 0.25) is 11.8 Å². The van der Waals surface area contributed by atoms with Gasteiger partial charge in [0.1, 0.15) is 11.6 Å². The van der Waals surface area contributed by atoms with Crippen LogP contribution < -0.4 is 15.2 Å². The molecular formula is C18H20N4O3. The van der Waals surface area contributed by atoms with Crippen molar-refractivity contribution >= 4 is 0 Å². The Morgan fingerprint density at radius 1 is 1.40 bits per heavy atom. The van der Waals surface area contributed by atoms with Crippen LogP contribution in [0.5, 0.6) is 17.4 Å². The molecule has 1 aliphatic rings. The van der Waals surface area contributed by atoms with Gasteiger partial charge in [0.05, 0.1) is 18.6 Å². The molecule has 2 heterocycles. The second kappa shape index (κ2) is 5.74. The molecule has 1 unspecified atom stereocenters. The van der Waals surface area contributed by atoms with E-state index in [1.165, 1.54) is 7.11 Å². The number of nitriles is 1. The lowest BCUT2D eigenvalue weighted by Crippen LogP contribution is -2.23. The first kappa shape index (κ1) is 16.7. The lowest BCUT2D eigenvalue weighted by Gasteiger charge is -2.27. The average Bonchev–Trinajstić information content (AvgIpc) is 2.96. The number of nitrogens with one attached hydrogen (secondary N) is 1. The second-order valence-electron chi connectivity index (χ2n) is 6.92. The smallest absolute Gasteiger partial charge is 0.244 e. The van der Waals surface area contributed by atoms with Gasteiger partial charge in [-0.1, -0.05) is 26.8 Å². The summed E-state index contributed by atoms with van der Waals surface area (Å²) in [6.45, 7) is 6.12. The third-order valence-electron chi connectivity index (χ3n) is 4.23. The summed E-state index contributed by atoms with van der Waals surface area (Å²) in [7, 11) is 1.48. The van der Waals surface area contributed by atoms with Crippen molar-refractivity contribution < 1.29 is 14.6 Å². The molecule has 25 heavy (non-hydrogen) atoms. The molecule has 130 valence electrons. The molecule has 0 saturated carbocycles. The monoisotopic (exact) mass is 340 g/mol. The molecule has 0 amide bonds. The first-order valence-electron chi connectivity index (χ1n) is 7.81. The van der Waals surface area contributed by atoms with Crippen LogP contribution >= 0.6 is 0 Å². The number of ether oxygens (including phenoxy) is 2. The van der Waals surface area contributed by atoms with Crippen molar-refractivity contribution in [3.05, 3.63) is 46.5 Å². The van der Waals surface area contributed by atoms with E-state index in [2.05, 4.69) is 16.3 Å². The molecule has 7 nitrogen and oxygen atoms in total. The summed E-state index contributed by atoms with van der Waals surface area (Å²) in [4.78, 5) is 0. The molecule has 1 aromatic heterocycles. The third-order valence-corrected chi connectivity index (χ3v) is 4.23. The SMILES string of the molecule is COc1ccc(C2C(C#N)=C(N)Oc3n[nH]c(C(C)(C)C)c32)cc1O. The van der Waals surface area contributed by atoms with Gasteiger partial charge in [-0.15, -0.1) is 5.10 Å². The predicted molar refractivity (Wildman–Crippen MR) is 91.2 cm³/mol. The van der Waals surface area contributed by atoms with E-state index in [0.29, 0.717) is 17.2 Å². The zero-order chi connectivity index (χ0) is 18.4. The Kier molecular flexibility index (Phi) is 3.84. The molecule has 2 aromatic rings. The summed E-state index contributed by atoms with van der Waals surface area (Å²) in [5.41, 5.74) is 8.28. The zero-order valence-corrected chi connectivity index (χ0v) is 14.5. The van der Waals surface area contributed by atoms with Crippen LogP contribution in [0.2, 0.25) is 0 Å². The minimum atomic E-state index is -0.487. The number of aromatic nitrogens is 2. The van der Waals surface area contributed by atoms with Crippen molar-refractivity contribution in [2.24, 2.45) is 5.73 Å². The van der Waals surface area contributed by atoms with E-state index in [4.69, 9.17) is 15.2 Å². The van der Waals surface area contributed by atoms with Crippen molar-refractivity contribution in [1.29, 1.82) is 5.26 Å². The maximum absolute atomic E-state index is 10.2. The van der Waals surface area contributed by atoms with Gasteiger partial charge in [-0.25, -0.2) is 0 Å². The predicted octanol–water partition coefficient (Wildman–Crippen LogP) is 2.64. The maximum atomic E-state index is 10.2. The van der Waals surface area contributed by atoms with Gasteiger partial charge in [-0.05, 0) is 17.7 Å². The largest absolute Gasteiger partial charge is 0.504 e. The minimum absolute atomic E-state index is 0.00953. The molecular weight excluding hydrogens is 320 g/mol. The fourth-order valence-corrected chi connectivity index (χ4v) is 3.04. The van der Waals surface area contributed by atoms with Crippen molar-refractivity contribution in [3.63, 3.8) is 0 Å². The summed E-state index contributed by atoms with van der Waals surface area (Å²) in [5, 5.41) is 27.0. The molecule has 1 atom stereocenters. The van der Waals surface area contributed by atoms with Gasteiger partial charge in [-0.2, -0.15) is 5.26 Å². The van der Waals surface area contributed by atoms with Crippen molar-refractivity contribution in [1.82, 2.24) is 10.2 Å².